The predicted molar refractivity (Wildman–Crippen MR) is 73.6 cm³/mol. The number of rotatable bonds is 2. The summed E-state index contributed by atoms with van der Waals surface area (Å²) in [6, 6.07) is 8.13. The molecular formula is C14H18ClN3. The van der Waals surface area contributed by atoms with Crippen molar-refractivity contribution in [3.05, 3.63) is 34.3 Å². The van der Waals surface area contributed by atoms with Gasteiger partial charge in [0.1, 0.15) is 6.04 Å². The van der Waals surface area contributed by atoms with E-state index in [-0.39, 0.29) is 6.04 Å². The first-order valence-corrected chi connectivity index (χ1v) is 6.58. The van der Waals surface area contributed by atoms with Crippen LogP contribution in [0.2, 0.25) is 5.02 Å². The van der Waals surface area contributed by atoms with Crippen molar-refractivity contribution >= 4 is 11.6 Å². The fraction of sp³-hybridized carbons (Fsp3) is 0.500. The van der Waals surface area contributed by atoms with E-state index in [0.717, 1.165) is 42.3 Å². The van der Waals surface area contributed by atoms with E-state index in [0.29, 0.717) is 0 Å². The highest BCUT2D eigenvalue weighted by atomic mass is 35.5. The van der Waals surface area contributed by atoms with E-state index in [4.69, 9.17) is 11.6 Å². The summed E-state index contributed by atoms with van der Waals surface area (Å²) in [5.41, 5.74) is 2.05. The summed E-state index contributed by atoms with van der Waals surface area (Å²) >= 11 is 6.14. The Morgan fingerprint density at radius 2 is 1.94 bits per heavy atom. The van der Waals surface area contributed by atoms with Crippen molar-refractivity contribution in [3.63, 3.8) is 0 Å². The van der Waals surface area contributed by atoms with E-state index in [1.54, 1.807) is 0 Å². The quantitative estimate of drug-likeness (QED) is 0.821. The minimum atomic E-state index is -0.184. The summed E-state index contributed by atoms with van der Waals surface area (Å²) in [6.07, 6.45) is 0. The highest BCUT2D eigenvalue weighted by Gasteiger charge is 2.23. The molecule has 0 saturated carbocycles. The van der Waals surface area contributed by atoms with Crippen LogP contribution in [0, 0.1) is 18.3 Å². The first-order chi connectivity index (χ1) is 8.61. The van der Waals surface area contributed by atoms with E-state index in [1.807, 2.05) is 25.1 Å². The Morgan fingerprint density at radius 1 is 1.28 bits per heavy atom. The van der Waals surface area contributed by atoms with Crippen LogP contribution in [-0.4, -0.2) is 43.0 Å². The SMILES string of the molecule is Cc1ccc(C(C#N)N2CCN(C)CC2)cc1Cl. The molecule has 3 nitrogen and oxygen atoms in total. The minimum Gasteiger partial charge on any atom is -0.304 e. The Labute approximate surface area is 114 Å². The molecular weight excluding hydrogens is 246 g/mol. The number of hydrogen-bond donors (Lipinski definition) is 0. The molecule has 1 heterocycles. The average Bonchev–Trinajstić information content (AvgIpc) is 2.37. The Bertz CT molecular complexity index is 459. The maximum atomic E-state index is 9.41. The summed E-state index contributed by atoms with van der Waals surface area (Å²) in [5.74, 6) is 0. The highest BCUT2D eigenvalue weighted by Crippen LogP contribution is 2.25. The Balaban J connectivity index is 2.18. The monoisotopic (exact) mass is 263 g/mol. The average molecular weight is 264 g/mol. The maximum Gasteiger partial charge on any atom is 0.123 e. The summed E-state index contributed by atoms with van der Waals surface area (Å²) in [7, 11) is 2.11. The zero-order valence-corrected chi connectivity index (χ0v) is 11.6. The normalized spacial score (nSPS) is 19.4. The first kappa shape index (κ1) is 13.4. The smallest absolute Gasteiger partial charge is 0.123 e. The number of halogens is 1. The van der Waals surface area contributed by atoms with E-state index in [1.165, 1.54) is 0 Å². The molecule has 1 aromatic carbocycles. The van der Waals surface area contributed by atoms with Crippen LogP contribution < -0.4 is 0 Å². The van der Waals surface area contributed by atoms with Crippen LogP contribution >= 0.6 is 11.6 Å². The second-order valence-electron chi connectivity index (χ2n) is 4.88. The fourth-order valence-corrected chi connectivity index (χ4v) is 2.42. The summed E-state index contributed by atoms with van der Waals surface area (Å²) < 4.78 is 0. The molecule has 1 aromatic rings. The summed E-state index contributed by atoms with van der Waals surface area (Å²) in [6.45, 7) is 5.86. The molecule has 96 valence electrons. The molecule has 0 N–H and O–H groups in total. The van der Waals surface area contributed by atoms with Gasteiger partial charge in [-0.3, -0.25) is 4.90 Å². The van der Waals surface area contributed by atoms with Crippen LogP contribution in [0.3, 0.4) is 0 Å². The third kappa shape index (κ3) is 2.84. The molecule has 1 aliphatic heterocycles. The van der Waals surface area contributed by atoms with Crippen LogP contribution in [0.5, 0.6) is 0 Å². The molecule has 0 radical (unpaired) electrons. The van der Waals surface area contributed by atoms with Gasteiger partial charge in [-0.1, -0.05) is 23.7 Å². The highest BCUT2D eigenvalue weighted by molar-refractivity contribution is 6.31. The Kier molecular flexibility index (Phi) is 4.23. The standard InChI is InChI=1S/C14H18ClN3/c1-11-3-4-12(9-13(11)15)14(10-16)18-7-5-17(2)6-8-18/h3-4,9,14H,5-8H2,1-2H3. The number of hydrogen-bond acceptors (Lipinski definition) is 3. The molecule has 0 spiro atoms. The van der Waals surface area contributed by atoms with Crippen LogP contribution in [0.15, 0.2) is 18.2 Å². The van der Waals surface area contributed by atoms with Gasteiger partial charge in [0.05, 0.1) is 6.07 Å². The Morgan fingerprint density at radius 3 is 2.50 bits per heavy atom. The zero-order chi connectivity index (χ0) is 13.1. The molecule has 0 aliphatic carbocycles. The van der Waals surface area contributed by atoms with Crippen molar-refractivity contribution in [2.75, 3.05) is 33.2 Å². The van der Waals surface area contributed by atoms with Crippen LogP contribution in [0.25, 0.3) is 0 Å². The summed E-state index contributed by atoms with van der Waals surface area (Å²) in [4.78, 5) is 4.51. The van der Waals surface area contributed by atoms with Gasteiger partial charge in [0.25, 0.3) is 0 Å². The van der Waals surface area contributed by atoms with Crippen LogP contribution in [0.4, 0.5) is 0 Å². The third-order valence-corrected chi connectivity index (χ3v) is 3.94. The Hall–Kier alpha value is -1.08. The van der Waals surface area contributed by atoms with E-state index >= 15 is 0 Å². The minimum absolute atomic E-state index is 0.184. The molecule has 4 heteroatoms. The van der Waals surface area contributed by atoms with Crippen molar-refractivity contribution in [2.24, 2.45) is 0 Å². The van der Waals surface area contributed by atoms with Crippen LogP contribution in [0.1, 0.15) is 17.2 Å². The lowest BCUT2D eigenvalue weighted by Crippen LogP contribution is -2.45. The van der Waals surface area contributed by atoms with Crippen molar-refractivity contribution in [3.8, 4) is 6.07 Å². The van der Waals surface area contributed by atoms with E-state index < -0.39 is 0 Å². The number of benzene rings is 1. The van der Waals surface area contributed by atoms with E-state index in [2.05, 4.69) is 22.9 Å². The number of piperazine rings is 1. The largest absolute Gasteiger partial charge is 0.304 e. The van der Waals surface area contributed by atoms with Gasteiger partial charge in [-0.2, -0.15) is 5.26 Å². The molecule has 0 amide bonds. The van der Waals surface area contributed by atoms with Crippen molar-refractivity contribution in [1.82, 2.24) is 9.80 Å². The molecule has 18 heavy (non-hydrogen) atoms. The summed E-state index contributed by atoms with van der Waals surface area (Å²) in [5, 5.41) is 10.1. The van der Waals surface area contributed by atoms with Crippen LogP contribution in [-0.2, 0) is 0 Å². The molecule has 1 saturated heterocycles. The van der Waals surface area contributed by atoms with Crippen molar-refractivity contribution in [1.29, 1.82) is 5.26 Å². The number of likely N-dealkylation sites (N-methyl/N-ethyl adjacent to an activating group) is 1. The van der Waals surface area contributed by atoms with Gasteiger partial charge in [-0.15, -0.1) is 0 Å². The van der Waals surface area contributed by atoms with Gasteiger partial charge in [0, 0.05) is 31.2 Å². The third-order valence-electron chi connectivity index (χ3n) is 3.54. The number of nitrogens with zero attached hydrogens (tertiary/aromatic N) is 3. The van der Waals surface area contributed by atoms with Gasteiger partial charge in [-0.05, 0) is 31.2 Å². The van der Waals surface area contributed by atoms with Gasteiger partial charge >= 0.3 is 0 Å². The van der Waals surface area contributed by atoms with Gasteiger partial charge < -0.3 is 4.90 Å². The molecule has 1 fully saturated rings. The zero-order valence-electron chi connectivity index (χ0n) is 10.9. The van der Waals surface area contributed by atoms with Gasteiger partial charge in [-0.25, -0.2) is 0 Å². The predicted octanol–water partition coefficient (Wildman–Crippen LogP) is 2.46. The lowest BCUT2D eigenvalue weighted by molar-refractivity contribution is 0.133. The lowest BCUT2D eigenvalue weighted by Gasteiger charge is -2.35. The topological polar surface area (TPSA) is 30.3 Å². The van der Waals surface area contributed by atoms with E-state index in [9.17, 15) is 5.26 Å². The van der Waals surface area contributed by atoms with Crippen molar-refractivity contribution in [2.45, 2.75) is 13.0 Å². The molecule has 2 rings (SSSR count). The van der Waals surface area contributed by atoms with Gasteiger partial charge in [0.2, 0.25) is 0 Å². The molecule has 0 aromatic heterocycles. The second kappa shape index (κ2) is 5.71. The first-order valence-electron chi connectivity index (χ1n) is 6.20. The molecule has 0 bridgehead atoms. The van der Waals surface area contributed by atoms with Crippen molar-refractivity contribution < 1.29 is 0 Å². The fourth-order valence-electron chi connectivity index (χ4n) is 2.23. The molecule has 1 aliphatic rings. The van der Waals surface area contributed by atoms with Gasteiger partial charge in [0.15, 0.2) is 0 Å². The number of aryl methyl sites for hydroxylation is 1. The number of nitriles is 1. The lowest BCUT2D eigenvalue weighted by atomic mass is 10.0. The molecule has 1 atom stereocenters. The second-order valence-corrected chi connectivity index (χ2v) is 5.29. The molecule has 1 unspecified atom stereocenters. The maximum absolute atomic E-state index is 9.41.